The van der Waals surface area contributed by atoms with Crippen molar-refractivity contribution in [2.75, 3.05) is 12.3 Å². The van der Waals surface area contributed by atoms with Crippen LogP contribution in [-0.4, -0.2) is 21.4 Å². The van der Waals surface area contributed by atoms with E-state index in [4.69, 9.17) is 5.73 Å². The van der Waals surface area contributed by atoms with Crippen LogP contribution in [0.4, 0.5) is 14.7 Å². The molecule has 20 heavy (non-hydrogen) atoms. The van der Waals surface area contributed by atoms with Gasteiger partial charge < -0.3 is 5.73 Å². The number of hydrogen-bond acceptors (Lipinski definition) is 4. The molecule has 0 amide bonds. The molecule has 0 atom stereocenters. The van der Waals surface area contributed by atoms with Crippen LogP contribution in [0, 0.1) is 11.6 Å². The van der Waals surface area contributed by atoms with Gasteiger partial charge in [-0.1, -0.05) is 6.07 Å². The monoisotopic (exact) mass is 276 g/mol. The van der Waals surface area contributed by atoms with E-state index in [1.54, 1.807) is 6.20 Å². The summed E-state index contributed by atoms with van der Waals surface area (Å²) in [6.45, 7) is 1.85. The zero-order chi connectivity index (χ0) is 14.1. The van der Waals surface area contributed by atoms with Gasteiger partial charge >= 0.3 is 0 Å². The van der Waals surface area contributed by atoms with Crippen molar-refractivity contribution >= 4 is 5.95 Å². The highest BCUT2D eigenvalue weighted by Crippen LogP contribution is 2.20. The molecule has 0 fully saturated rings. The number of nitrogens with two attached hydrogens (primary N) is 1. The molecule has 2 heterocycles. The lowest BCUT2D eigenvalue weighted by Crippen LogP contribution is -2.31. The SMILES string of the molecule is Nc1ncc2c(n1)CCN(Cc1ccc(F)cc1F)C2. The number of rotatable bonds is 2. The lowest BCUT2D eigenvalue weighted by molar-refractivity contribution is 0.239. The predicted molar refractivity (Wildman–Crippen MR) is 70.6 cm³/mol. The van der Waals surface area contributed by atoms with Gasteiger partial charge in [-0.05, 0) is 6.07 Å². The second kappa shape index (κ2) is 5.13. The molecule has 1 aromatic carbocycles. The van der Waals surface area contributed by atoms with Crippen LogP contribution in [0.25, 0.3) is 0 Å². The fraction of sp³-hybridized carbons (Fsp3) is 0.286. The molecule has 1 aliphatic heterocycles. The lowest BCUT2D eigenvalue weighted by atomic mass is 10.1. The largest absolute Gasteiger partial charge is 0.368 e. The Morgan fingerprint density at radius 1 is 1.30 bits per heavy atom. The van der Waals surface area contributed by atoms with Gasteiger partial charge in [-0.15, -0.1) is 0 Å². The highest BCUT2D eigenvalue weighted by Gasteiger charge is 2.19. The van der Waals surface area contributed by atoms with Crippen molar-refractivity contribution in [3.63, 3.8) is 0 Å². The van der Waals surface area contributed by atoms with E-state index in [-0.39, 0.29) is 5.95 Å². The Kier molecular flexibility index (Phi) is 3.31. The van der Waals surface area contributed by atoms with E-state index in [0.29, 0.717) is 18.7 Å². The second-order valence-corrected chi connectivity index (χ2v) is 4.90. The topological polar surface area (TPSA) is 55.0 Å². The van der Waals surface area contributed by atoms with Crippen LogP contribution >= 0.6 is 0 Å². The van der Waals surface area contributed by atoms with E-state index in [0.717, 1.165) is 30.3 Å². The molecule has 0 spiro atoms. The van der Waals surface area contributed by atoms with Crippen molar-refractivity contribution in [2.24, 2.45) is 0 Å². The summed E-state index contributed by atoms with van der Waals surface area (Å²) in [6.07, 6.45) is 2.47. The van der Waals surface area contributed by atoms with Gasteiger partial charge in [-0.25, -0.2) is 18.7 Å². The number of aromatic nitrogens is 2. The van der Waals surface area contributed by atoms with Crippen molar-refractivity contribution < 1.29 is 8.78 Å². The van der Waals surface area contributed by atoms with Crippen molar-refractivity contribution in [2.45, 2.75) is 19.5 Å². The van der Waals surface area contributed by atoms with Gasteiger partial charge in [-0.2, -0.15) is 0 Å². The van der Waals surface area contributed by atoms with Crippen LogP contribution in [0.2, 0.25) is 0 Å². The van der Waals surface area contributed by atoms with Crippen molar-refractivity contribution in [1.82, 2.24) is 14.9 Å². The number of halogens is 2. The number of hydrogen-bond donors (Lipinski definition) is 1. The molecule has 2 aromatic rings. The minimum absolute atomic E-state index is 0.279. The molecule has 0 saturated carbocycles. The average Bonchev–Trinajstić information content (AvgIpc) is 2.42. The number of benzene rings is 1. The molecule has 0 saturated heterocycles. The average molecular weight is 276 g/mol. The number of nitrogen functional groups attached to an aromatic ring is 1. The van der Waals surface area contributed by atoms with Crippen molar-refractivity contribution in [3.05, 3.63) is 52.9 Å². The summed E-state index contributed by atoms with van der Waals surface area (Å²) >= 11 is 0. The van der Waals surface area contributed by atoms with Crippen LogP contribution in [0.5, 0.6) is 0 Å². The fourth-order valence-corrected chi connectivity index (χ4v) is 2.42. The molecule has 0 aliphatic carbocycles. The van der Waals surface area contributed by atoms with E-state index in [9.17, 15) is 8.78 Å². The summed E-state index contributed by atoms with van der Waals surface area (Å²) in [7, 11) is 0. The van der Waals surface area contributed by atoms with Gasteiger partial charge in [0.25, 0.3) is 0 Å². The first kappa shape index (κ1) is 12.9. The van der Waals surface area contributed by atoms with E-state index >= 15 is 0 Å². The first-order valence-electron chi connectivity index (χ1n) is 6.38. The van der Waals surface area contributed by atoms with Gasteiger partial charge in [0, 0.05) is 49.4 Å². The first-order chi connectivity index (χ1) is 9.61. The van der Waals surface area contributed by atoms with Crippen molar-refractivity contribution in [1.29, 1.82) is 0 Å². The summed E-state index contributed by atoms with van der Waals surface area (Å²) in [5.41, 5.74) is 8.00. The maximum atomic E-state index is 13.6. The van der Waals surface area contributed by atoms with Crippen LogP contribution in [0.1, 0.15) is 16.8 Å². The minimum Gasteiger partial charge on any atom is -0.368 e. The first-order valence-corrected chi connectivity index (χ1v) is 6.38. The molecular formula is C14H14F2N4. The summed E-state index contributed by atoms with van der Waals surface area (Å²) in [4.78, 5) is 10.3. The number of nitrogens with zero attached hydrogens (tertiary/aromatic N) is 3. The van der Waals surface area contributed by atoms with Crippen LogP contribution in [-0.2, 0) is 19.5 Å². The van der Waals surface area contributed by atoms with Gasteiger partial charge in [0.1, 0.15) is 11.6 Å². The van der Waals surface area contributed by atoms with E-state index < -0.39 is 11.6 Å². The van der Waals surface area contributed by atoms with Crippen LogP contribution in [0.3, 0.4) is 0 Å². The minimum atomic E-state index is -0.556. The van der Waals surface area contributed by atoms with E-state index in [1.807, 2.05) is 0 Å². The van der Waals surface area contributed by atoms with E-state index in [2.05, 4.69) is 14.9 Å². The number of anilines is 1. The maximum absolute atomic E-state index is 13.6. The maximum Gasteiger partial charge on any atom is 0.220 e. The number of fused-ring (bicyclic) bond motifs is 1. The highest BCUT2D eigenvalue weighted by molar-refractivity contribution is 5.27. The Morgan fingerprint density at radius 2 is 2.15 bits per heavy atom. The third kappa shape index (κ3) is 2.60. The predicted octanol–water partition coefficient (Wildman–Crippen LogP) is 1.90. The molecule has 1 aliphatic rings. The standard InChI is InChI=1S/C14H14F2N4/c15-11-2-1-9(12(16)5-11)7-20-4-3-13-10(8-20)6-18-14(17)19-13/h1-2,5-6H,3-4,7-8H2,(H2,17,18,19). The Morgan fingerprint density at radius 3 is 2.95 bits per heavy atom. The smallest absolute Gasteiger partial charge is 0.220 e. The summed E-state index contributed by atoms with van der Waals surface area (Å²) in [5, 5.41) is 0. The lowest BCUT2D eigenvalue weighted by Gasteiger charge is -2.27. The highest BCUT2D eigenvalue weighted by atomic mass is 19.1. The molecular weight excluding hydrogens is 262 g/mol. The van der Waals surface area contributed by atoms with Gasteiger partial charge in [0.2, 0.25) is 5.95 Å². The summed E-state index contributed by atoms with van der Waals surface area (Å²) in [6, 6.07) is 3.68. The molecule has 1 aromatic heterocycles. The van der Waals surface area contributed by atoms with Crippen molar-refractivity contribution in [3.8, 4) is 0 Å². The Balaban J connectivity index is 1.75. The molecule has 2 N–H and O–H groups in total. The fourth-order valence-electron chi connectivity index (χ4n) is 2.42. The molecule has 0 bridgehead atoms. The molecule has 0 unspecified atom stereocenters. The zero-order valence-corrected chi connectivity index (χ0v) is 10.8. The van der Waals surface area contributed by atoms with Gasteiger partial charge in [0.05, 0.1) is 5.69 Å². The quantitative estimate of drug-likeness (QED) is 0.910. The zero-order valence-electron chi connectivity index (χ0n) is 10.8. The van der Waals surface area contributed by atoms with Gasteiger partial charge in [-0.3, -0.25) is 4.90 Å². The van der Waals surface area contributed by atoms with Crippen LogP contribution < -0.4 is 5.73 Å². The Labute approximate surface area is 115 Å². The molecule has 0 radical (unpaired) electrons. The third-order valence-electron chi connectivity index (χ3n) is 3.44. The molecule has 3 rings (SSSR count). The van der Waals surface area contributed by atoms with Crippen LogP contribution in [0.15, 0.2) is 24.4 Å². The summed E-state index contributed by atoms with van der Waals surface area (Å²) in [5.74, 6) is -0.787. The molecule has 6 heteroatoms. The molecule has 104 valence electrons. The molecule has 4 nitrogen and oxygen atoms in total. The van der Waals surface area contributed by atoms with Gasteiger partial charge in [0.15, 0.2) is 0 Å². The third-order valence-corrected chi connectivity index (χ3v) is 3.44. The second-order valence-electron chi connectivity index (χ2n) is 4.90. The normalized spacial score (nSPS) is 15.1. The Hall–Kier alpha value is -2.08. The van der Waals surface area contributed by atoms with E-state index in [1.165, 1.54) is 12.1 Å². The Bertz CT molecular complexity index is 645. The summed E-state index contributed by atoms with van der Waals surface area (Å²) < 4.78 is 26.5.